The molecule has 0 aliphatic heterocycles. The van der Waals surface area contributed by atoms with E-state index in [-0.39, 0.29) is 43.4 Å². The maximum absolute atomic E-state index is 4.87. The molecule has 0 fully saturated rings. The molecule has 0 aliphatic carbocycles. The van der Waals surface area contributed by atoms with Crippen LogP contribution in [0.1, 0.15) is 33.6 Å². The van der Waals surface area contributed by atoms with E-state index < -0.39 is 0 Å². The third-order valence-corrected chi connectivity index (χ3v) is 8.74. The molecule has 70 heavy (non-hydrogen) atoms. The maximum atomic E-state index is 4.87. The Morgan fingerprint density at radius 3 is 0.843 bits per heavy atom. The monoisotopic (exact) mass is 1020 g/mol. The molecule has 0 saturated carbocycles. The predicted molar refractivity (Wildman–Crippen MR) is 305 cm³/mol. The Morgan fingerprint density at radius 1 is 0.343 bits per heavy atom. The van der Waals surface area contributed by atoms with Gasteiger partial charge in [-0.3, -0.25) is 9.97 Å². The van der Waals surface area contributed by atoms with Gasteiger partial charge in [-0.2, -0.15) is 84.6 Å². The fourth-order valence-electron chi connectivity index (χ4n) is 6.23. The second kappa shape index (κ2) is 45.7. The van der Waals surface area contributed by atoms with Crippen molar-refractivity contribution in [3.05, 3.63) is 198 Å². The van der Waals surface area contributed by atoms with Crippen molar-refractivity contribution in [1.29, 1.82) is 0 Å². The van der Waals surface area contributed by atoms with Crippen molar-refractivity contribution in [3.63, 3.8) is 0 Å². The van der Waals surface area contributed by atoms with Gasteiger partial charge in [0.15, 0.2) is 0 Å². The Balaban J connectivity index is -0.000000455. The first kappa shape index (κ1) is 72.1. The third-order valence-electron chi connectivity index (χ3n) is 8.74. The zero-order chi connectivity index (χ0) is 51.9. The molecule has 4 aromatic carbocycles. The van der Waals surface area contributed by atoms with Gasteiger partial charge < -0.3 is 52.3 Å². The first-order chi connectivity index (χ1) is 32.6. The van der Waals surface area contributed by atoms with Crippen molar-refractivity contribution >= 4 is 22.7 Å². The SMILES string of the molecule is C[N-]C.C[N-]C.C[N-]C.C[N-]C.C[N-]C.C[N-]C.Cc1cccc([N-]Cc2ccccn2)c1-c1c(C)cccc1N(C)C.Cc1cccc([N-]Cc2ccccn2)c1-c1c(C)cccc1N(C)C.[Ti+4].[Ti+4]. The third kappa shape index (κ3) is 28.4. The molecule has 0 N–H and O–H groups in total. The normalized spacial score (nSPS) is 9.09. The molecule has 0 amide bonds. The number of rotatable bonds is 10. The molecule has 0 spiro atoms. The molecule has 0 atom stereocenters. The second-order valence-corrected chi connectivity index (χ2v) is 15.6. The Kier molecular flexibility index (Phi) is 47.1. The number of aryl methyl sites for hydroxylation is 4. The topological polar surface area (TPSA) is 145 Å². The Hall–Kier alpha value is -4.43. The number of benzene rings is 4. The van der Waals surface area contributed by atoms with E-state index in [1.165, 1.54) is 55.9 Å². The van der Waals surface area contributed by atoms with Crippen molar-refractivity contribution in [3.8, 4) is 22.3 Å². The largest absolute Gasteiger partial charge is 4.00 e. The number of hydrogen-bond acceptors (Lipinski definition) is 4. The van der Waals surface area contributed by atoms with Crippen molar-refractivity contribution in [2.75, 3.05) is 123 Å². The summed E-state index contributed by atoms with van der Waals surface area (Å²) >= 11 is 0. The van der Waals surface area contributed by atoms with Gasteiger partial charge in [-0.05, 0) is 97.5 Å². The second-order valence-electron chi connectivity index (χ2n) is 15.6. The molecule has 0 saturated heterocycles. The zero-order valence-electron chi connectivity index (χ0n) is 46.3. The Labute approximate surface area is 456 Å². The van der Waals surface area contributed by atoms with Crippen LogP contribution in [0.25, 0.3) is 64.8 Å². The molecule has 2 heterocycles. The number of pyridine rings is 2. The minimum Gasteiger partial charge on any atom is -0.679 e. The molecule has 0 bridgehead atoms. The number of nitrogens with zero attached hydrogens (tertiary/aromatic N) is 12. The summed E-state index contributed by atoms with van der Waals surface area (Å²) in [6.45, 7) is 9.80. The Bertz CT molecular complexity index is 1980. The smallest absolute Gasteiger partial charge is 0.679 e. The van der Waals surface area contributed by atoms with Gasteiger partial charge in [0.1, 0.15) is 0 Å². The van der Waals surface area contributed by atoms with Crippen LogP contribution in [-0.2, 0) is 56.5 Å². The summed E-state index contributed by atoms with van der Waals surface area (Å²) in [5.74, 6) is 0. The fourth-order valence-corrected chi connectivity index (χ4v) is 6.23. The standard InChI is InChI=1S/2C22H24N3.6C2H6N.2Ti/c2*1-16-9-7-12-19(24-15-18-11-5-6-14-23-18)21(16)22-17(2)10-8-13-20(22)25(3)4;6*1-3-2;;/h2*5-14H,15H2,1-4H3;6*1-2H3;;/q8*-1;2*+4. The van der Waals surface area contributed by atoms with Crippen LogP contribution >= 0.6 is 0 Å². The molecule has 376 valence electrons. The molecular weight excluding hydrogens is 936 g/mol. The van der Waals surface area contributed by atoms with Crippen LogP contribution in [0.2, 0.25) is 0 Å². The van der Waals surface area contributed by atoms with Gasteiger partial charge >= 0.3 is 43.4 Å². The molecule has 0 aliphatic rings. The molecule has 14 heteroatoms. The summed E-state index contributed by atoms with van der Waals surface area (Å²) < 4.78 is 0. The van der Waals surface area contributed by atoms with E-state index in [1.807, 2.05) is 48.8 Å². The van der Waals surface area contributed by atoms with Gasteiger partial charge in [0, 0.05) is 74.5 Å². The summed E-state index contributed by atoms with van der Waals surface area (Å²) in [5, 5.41) is 30.7. The van der Waals surface area contributed by atoms with E-state index in [1.54, 1.807) is 84.6 Å². The molecule has 2 aromatic heterocycles. The minimum absolute atomic E-state index is 0. The first-order valence-electron chi connectivity index (χ1n) is 22.4. The van der Waals surface area contributed by atoms with Gasteiger partial charge in [-0.1, -0.05) is 85.9 Å². The van der Waals surface area contributed by atoms with Crippen LogP contribution in [0.4, 0.5) is 22.7 Å². The van der Waals surface area contributed by atoms with Crippen LogP contribution < -0.4 is 9.80 Å². The quantitative estimate of drug-likeness (QED) is 0.126. The van der Waals surface area contributed by atoms with E-state index in [4.69, 9.17) is 10.6 Å². The molecular formula is C56H84N12Ti2. The average Bonchev–Trinajstić information content (AvgIpc) is 3.30. The van der Waals surface area contributed by atoms with Gasteiger partial charge in [-0.25, -0.2) is 0 Å². The summed E-state index contributed by atoms with van der Waals surface area (Å²) in [4.78, 5) is 13.1. The van der Waals surface area contributed by atoms with E-state index in [0.29, 0.717) is 13.1 Å². The number of hydrogen-bond donors (Lipinski definition) is 0. The Morgan fingerprint density at radius 2 is 0.600 bits per heavy atom. The number of aromatic nitrogens is 2. The molecule has 6 rings (SSSR count). The molecule has 0 radical (unpaired) electrons. The zero-order valence-corrected chi connectivity index (χ0v) is 49.5. The summed E-state index contributed by atoms with van der Waals surface area (Å²) in [7, 11) is 29.3. The number of anilines is 2. The van der Waals surface area contributed by atoms with Gasteiger partial charge in [0.05, 0.1) is 0 Å². The van der Waals surface area contributed by atoms with Crippen molar-refractivity contribution in [2.45, 2.75) is 40.8 Å². The van der Waals surface area contributed by atoms with E-state index in [0.717, 1.165) is 22.8 Å². The van der Waals surface area contributed by atoms with Crippen molar-refractivity contribution in [2.24, 2.45) is 0 Å². The van der Waals surface area contributed by atoms with Crippen LogP contribution in [-0.4, -0.2) is 123 Å². The van der Waals surface area contributed by atoms with Crippen molar-refractivity contribution in [1.82, 2.24) is 9.97 Å². The average molecular weight is 1020 g/mol. The predicted octanol–water partition coefficient (Wildman–Crippen LogP) is 15.0. The van der Waals surface area contributed by atoms with E-state index in [9.17, 15) is 0 Å². The molecule has 6 aromatic rings. The molecule has 12 nitrogen and oxygen atoms in total. The molecule has 0 unspecified atom stereocenters. The minimum atomic E-state index is 0. The summed E-state index contributed by atoms with van der Waals surface area (Å²) in [5.41, 5.74) is 16.3. The van der Waals surface area contributed by atoms with Crippen LogP contribution in [0.15, 0.2) is 122 Å². The fraction of sp³-hybridized carbons (Fsp3) is 0.393. The van der Waals surface area contributed by atoms with Crippen LogP contribution in [0.3, 0.4) is 0 Å². The summed E-state index contributed by atoms with van der Waals surface area (Å²) in [6, 6.07) is 37.4. The van der Waals surface area contributed by atoms with Crippen molar-refractivity contribution < 1.29 is 43.4 Å². The van der Waals surface area contributed by atoms with Gasteiger partial charge in [0.25, 0.3) is 0 Å². The maximum Gasteiger partial charge on any atom is 4.00 e. The van der Waals surface area contributed by atoms with Gasteiger partial charge in [0.2, 0.25) is 0 Å². The first-order valence-corrected chi connectivity index (χ1v) is 22.4. The van der Waals surface area contributed by atoms with E-state index in [2.05, 4.69) is 180 Å². The summed E-state index contributed by atoms with van der Waals surface area (Å²) in [6.07, 6.45) is 3.63. The van der Waals surface area contributed by atoms with E-state index >= 15 is 0 Å². The van der Waals surface area contributed by atoms with Gasteiger partial charge in [-0.15, -0.1) is 11.4 Å². The van der Waals surface area contributed by atoms with Crippen LogP contribution in [0.5, 0.6) is 0 Å². The van der Waals surface area contributed by atoms with Crippen LogP contribution in [0, 0.1) is 27.7 Å².